The molecular weight excluding hydrogens is 154 g/mol. The summed E-state index contributed by atoms with van der Waals surface area (Å²) >= 11 is 0. The van der Waals surface area contributed by atoms with Crippen LogP contribution >= 0.6 is 0 Å². The van der Waals surface area contributed by atoms with E-state index >= 15 is 0 Å². The average molecular weight is 171 g/mol. The lowest BCUT2D eigenvalue weighted by Crippen LogP contribution is -2.48. The van der Waals surface area contributed by atoms with Gasteiger partial charge in [-0.15, -0.1) is 0 Å². The van der Waals surface area contributed by atoms with E-state index in [0.717, 1.165) is 32.2 Å². The third kappa shape index (κ3) is 1.61. The lowest BCUT2D eigenvalue weighted by molar-refractivity contribution is -0.148. The normalized spacial score (nSPS) is 28.8. The topological polar surface area (TPSA) is 38.3 Å². The number of ether oxygens (including phenoxy) is 1. The Bertz CT molecular complexity index is 162. The lowest BCUT2D eigenvalue weighted by atomic mass is 9.92. The van der Waals surface area contributed by atoms with Crippen LogP contribution in [0.1, 0.15) is 32.6 Å². The summed E-state index contributed by atoms with van der Waals surface area (Å²) in [5.41, 5.74) is -0.358. The van der Waals surface area contributed by atoms with E-state index in [1.807, 2.05) is 0 Å². The Hall–Kier alpha value is -0.570. The molecule has 1 fully saturated rings. The SMILES string of the molecule is CCC[C@]1(C(=O)OC)CCCN1. The zero-order chi connectivity index (χ0) is 9.03. The predicted molar refractivity (Wildman–Crippen MR) is 46.9 cm³/mol. The fourth-order valence-corrected chi connectivity index (χ4v) is 1.92. The molecule has 12 heavy (non-hydrogen) atoms. The summed E-state index contributed by atoms with van der Waals surface area (Å²) in [4.78, 5) is 11.4. The minimum atomic E-state index is -0.358. The first-order valence-electron chi connectivity index (χ1n) is 4.58. The van der Waals surface area contributed by atoms with Crippen LogP contribution in [0.25, 0.3) is 0 Å². The zero-order valence-electron chi connectivity index (χ0n) is 7.85. The van der Waals surface area contributed by atoms with Crippen molar-refractivity contribution in [2.24, 2.45) is 0 Å². The Labute approximate surface area is 73.5 Å². The highest BCUT2D eigenvalue weighted by Gasteiger charge is 2.40. The highest BCUT2D eigenvalue weighted by atomic mass is 16.5. The molecule has 0 amide bonds. The third-order valence-corrected chi connectivity index (χ3v) is 2.50. The molecule has 0 saturated carbocycles. The number of rotatable bonds is 3. The van der Waals surface area contributed by atoms with E-state index in [9.17, 15) is 4.79 Å². The first kappa shape index (κ1) is 9.52. The summed E-state index contributed by atoms with van der Waals surface area (Å²) in [6, 6.07) is 0. The zero-order valence-corrected chi connectivity index (χ0v) is 7.85. The number of carbonyl (C=O) groups excluding carboxylic acids is 1. The summed E-state index contributed by atoms with van der Waals surface area (Å²) in [7, 11) is 1.46. The van der Waals surface area contributed by atoms with Crippen molar-refractivity contribution in [3.63, 3.8) is 0 Å². The number of hydrogen-bond acceptors (Lipinski definition) is 3. The minimum absolute atomic E-state index is 0.0955. The van der Waals surface area contributed by atoms with E-state index in [1.165, 1.54) is 7.11 Å². The van der Waals surface area contributed by atoms with Crippen LogP contribution in [-0.2, 0) is 9.53 Å². The third-order valence-electron chi connectivity index (χ3n) is 2.50. The second kappa shape index (κ2) is 3.90. The van der Waals surface area contributed by atoms with Crippen molar-refractivity contribution in [2.45, 2.75) is 38.1 Å². The summed E-state index contributed by atoms with van der Waals surface area (Å²) < 4.78 is 4.79. The smallest absolute Gasteiger partial charge is 0.326 e. The number of nitrogens with one attached hydrogen (secondary N) is 1. The van der Waals surface area contributed by atoms with Crippen molar-refractivity contribution < 1.29 is 9.53 Å². The monoisotopic (exact) mass is 171 g/mol. The molecule has 3 heteroatoms. The largest absolute Gasteiger partial charge is 0.468 e. The van der Waals surface area contributed by atoms with Gasteiger partial charge in [0.15, 0.2) is 0 Å². The summed E-state index contributed by atoms with van der Waals surface area (Å²) in [5.74, 6) is -0.0955. The summed E-state index contributed by atoms with van der Waals surface area (Å²) in [6.45, 7) is 3.03. The van der Waals surface area contributed by atoms with E-state index < -0.39 is 0 Å². The average Bonchev–Trinajstić information content (AvgIpc) is 2.53. The quantitative estimate of drug-likeness (QED) is 0.646. The van der Waals surface area contributed by atoms with Gasteiger partial charge in [-0.1, -0.05) is 13.3 Å². The highest BCUT2D eigenvalue weighted by molar-refractivity contribution is 5.81. The Morgan fingerprint density at radius 2 is 2.42 bits per heavy atom. The van der Waals surface area contributed by atoms with Crippen molar-refractivity contribution in [3.05, 3.63) is 0 Å². The molecule has 0 radical (unpaired) electrons. The molecule has 1 rings (SSSR count). The van der Waals surface area contributed by atoms with Gasteiger partial charge >= 0.3 is 5.97 Å². The number of hydrogen-bond donors (Lipinski definition) is 1. The van der Waals surface area contributed by atoms with E-state index in [-0.39, 0.29) is 11.5 Å². The molecule has 1 N–H and O–H groups in total. The number of methoxy groups -OCH3 is 1. The summed E-state index contributed by atoms with van der Waals surface area (Å²) in [6.07, 6.45) is 3.91. The molecule has 3 nitrogen and oxygen atoms in total. The van der Waals surface area contributed by atoms with E-state index in [4.69, 9.17) is 4.74 Å². The lowest BCUT2D eigenvalue weighted by Gasteiger charge is -2.25. The number of carbonyl (C=O) groups is 1. The van der Waals surface area contributed by atoms with Gasteiger partial charge in [0.05, 0.1) is 7.11 Å². The summed E-state index contributed by atoms with van der Waals surface area (Å²) in [5, 5.41) is 3.25. The molecule has 1 aliphatic rings. The second-order valence-corrected chi connectivity index (χ2v) is 3.35. The van der Waals surface area contributed by atoms with Crippen LogP contribution in [0.5, 0.6) is 0 Å². The molecule has 1 aliphatic heterocycles. The molecule has 0 aromatic rings. The molecule has 0 spiro atoms. The maximum atomic E-state index is 11.4. The minimum Gasteiger partial charge on any atom is -0.468 e. The van der Waals surface area contributed by atoms with Gasteiger partial charge in [0.1, 0.15) is 5.54 Å². The Balaban J connectivity index is 2.64. The molecule has 70 valence electrons. The number of esters is 1. The maximum Gasteiger partial charge on any atom is 0.326 e. The van der Waals surface area contributed by atoms with E-state index in [2.05, 4.69) is 12.2 Å². The molecule has 1 atom stereocenters. The van der Waals surface area contributed by atoms with Crippen molar-refractivity contribution in [3.8, 4) is 0 Å². The molecule has 0 aliphatic carbocycles. The fraction of sp³-hybridized carbons (Fsp3) is 0.889. The van der Waals surface area contributed by atoms with Gasteiger partial charge in [-0.05, 0) is 25.8 Å². The van der Waals surface area contributed by atoms with Gasteiger partial charge in [-0.25, -0.2) is 0 Å². The molecule has 1 heterocycles. The fourth-order valence-electron chi connectivity index (χ4n) is 1.92. The second-order valence-electron chi connectivity index (χ2n) is 3.35. The van der Waals surface area contributed by atoms with E-state index in [1.54, 1.807) is 0 Å². The Kier molecular flexibility index (Phi) is 3.09. The van der Waals surface area contributed by atoms with Gasteiger partial charge in [-0.3, -0.25) is 4.79 Å². The van der Waals surface area contributed by atoms with Gasteiger partial charge in [0.25, 0.3) is 0 Å². The molecule has 0 unspecified atom stereocenters. The molecule has 1 saturated heterocycles. The molecule has 0 bridgehead atoms. The van der Waals surface area contributed by atoms with Crippen molar-refractivity contribution in [2.75, 3.05) is 13.7 Å². The first-order valence-corrected chi connectivity index (χ1v) is 4.58. The van der Waals surface area contributed by atoms with Crippen LogP contribution in [0.15, 0.2) is 0 Å². The standard InChI is InChI=1S/C9H17NO2/c1-3-5-9(8(11)12-2)6-4-7-10-9/h10H,3-7H2,1-2H3/t9-/m1/s1. The Morgan fingerprint density at radius 1 is 1.67 bits per heavy atom. The van der Waals surface area contributed by atoms with Gasteiger partial charge in [0.2, 0.25) is 0 Å². The molecule has 0 aromatic carbocycles. The van der Waals surface area contributed by atoms with Crippen LogP contribution in [0.4, 0.5) is 0 Å². The highest BCUT2D eigenvalue weighted by Crippen LogP contribution is 2.25. The van der Waals surface area contributed by atoms with Gasteiger partial charge in [0, 0.05) is 0 Å². The van der Waals surface area contributed by atoms with Gasteiger partial charge in [-0.2, -0.15) is 0 Å². The first-order chi connectivity index (χ1) is 5.75. The van der Waals surface area contributed by atoms with Crippen LogP contribution in [0.3, 0.4) is 0 Å². The van der Waals surface area contributed by atoms with E-state index in [0.29, 0.717) is 0 Å². The van der Waals surface area contributed by atoms with Crippen molar-refractivity contribution in [1.82, 2.24) is 5.32 Å². The molecule has 0 aromatic heterocycles. The molecular formula is C9H17NO2. The van der Waals surface area contributed by atoms with Crippen molar-refractivity contribution in [1.29, 1.82) is 0 Å². The maximum absolute atomic E-state index is 11.4. The van der Waals surface area contributed by atoms with Gasteiger partial charge < -0.3 is 10.1 Å². The van der Waals surface area contributed by atoms with Crippen LogP contribution in [0.2, 0.25) is 0 Å². The van der Waals surface area contributed by atoms with Crippen LogP contribution < -0.4 is 5.32 Å². The van der Waals surface area contributed by atoms with Crippen molar-refractivity contribution >= 4 is 5.97 Å². The predicted octanol–water partition coefficient (Wildman–Crippen LogP) is 1.08. The van der Waals surface area contributed by atoms with Crippen LogP contribution in [-0.4, -0.2) is 25.2 Å². The van der Waals surface area contributed by atoms with Crippen LogP contribution in [0, 0.1) is 0 Å². The Morgan fingerprint density at radius 3 is 2.83 bits per heavy atom.